The summed E-state index contributed by atoms with van der Waals surface area (Å²) >= 11 is 0. The molecule has 30 heavy (non-hydrogen) atoms. The number of rotatable bonds is 8. The molecule has 7 nitrogen and oxygen atoms in total. The average Bonchev–Trinajstić information content (AvgIpc) is 3.10. The molecule has 0 unspecified atom stereocenters. The molecule has 2 aromatic rings. The van der Waals surface area contributed by atoms with Crippen LogP contribution in [0.5, 0.6) is 11.5 Å². The highest BCUT2D eigenvalue weighted by Gasteiger charge is 2.31. The van der Waals surface area contributed by atoms with Crippen molar-refractivity contribution in [2.24, 2.45) is 0 Å². The first kappa shape index (κ1) is 22.1. The van der Waals surface area contributed by atoms with Crippen LogP contribution in [0.15, 0.2) is 36.4 Å². The lowest BCUT2D eigenvalue weighted by molar-refractivity contribution is -0.114. The number of anilines is 1. The molecule has 0 bridgehead atoms. The number of sulfone groups is 1. The van der Waals surface area contributed by atoms with Crippen LogP contribution in [0.2, 0.25) is 0 Å². The van der Waals surface area contributed by atoms with Crippen molar-refractivity contribution in [3.05, 3.63) is 53.1 Å². The van der Waals surface area contributed by atoms with Crippen molar-refractivity contribution in [2.45, 2.75) is 33.0 Å². The minimum Gasteiger partial charge on any atom is -0.493 e. The van der Waals surface area contributed by atoms with Crippen LogP contribution in [0.1, 0.15) is 36.6 Å². The summed E-state index contributed by atoms with van der Waals surface area (Å²) in [5.74, 6) is 1.04. The molecule has 0 radical (unpaired) electrons. The van der Waals surface area contributed by atoms with E-state index in [4.69, 9.17) is 9.47 Å². The Morgan fingerprint density at radius 2 is 1.97 bits per heavy atom. The smallest absolute Gasteiger partial charge is 0.221 e. The second-order valence-electron chi connectivity index (χ2n) is 7.48. The van der Waals surface area contributed by atoms with Gasteiger partial charge in [-0.1, -0.05) is 18.2 Å². The topological polar surface area (TPSA) is 84.9 Å². The molecule has 0 fully saturated rings. The number of carbonyl (C=O) groups is 1. The number of methoxy groups -OCH3 is 1. The first-order valence-electron chi connectivity index (χ1n) is 9.82. The van der Waals surface area contributed by atoms with Gasteiger partial charge in [-0.15, -0.1) is 0 Å². The third-order valence-electron chi connectivity index (χ3n) is 5.09. The van der Waals surface area contributed by atoms with E-state index in [1.165, 1.54) is 13.2 Å². The summed E-state index contributed by atoms with van der Waals surface area (Å²) in [7, 11) is -1.67. The monoisotopic (exact) mass is 432 g/mol. The van der Waals surface area contributed by atoms with Gasteiger partial charge in [0, 0.05) is 38.0 Å². The van der Waals surface area contributed by atoms with Crippen molar-refractivity contribution in [3.63, 3.8) is 0 Å². The summed E-state index contributed by atoms with van der Waals surface area (Å²) in [4.78, 5) is 13.7. The van der Waals surface area contributed by atoms with Gasteiger partial charge < -0.3 is 14.8 Å². The summed E-state index contributed by atoms with van der Waals surface area (Å²) in [5, 5.41) is 2.87. The minimum absolute atomic E-state index is 0.0195. The van der Waals surface area contributed by atoms with Crippen LogP contribution in [0.25, 0.3) is 0 Å². The van der Waals surface area contributed by atoms with Crippen LogP contribution < -0.4 is 14.8 Å². The Morgan fingerprint density at radius 3 is 2.60 bits per heavy atom. The first-order valence-corrected chi connectivity index (χ1v) is 11.9. The van der Waals surface area contributed by atoms with Crippen LogP contribution >= 0.6 is 0 Å². The molecule has 1 atom stereocenters. The number of fused-ring (bicyclic) bond motifs is 1. The van der Waals surface area contributed by atoms with Crippen molar-refractivity contribution in [3.8, 4) is 11.5 Å². The van der Waals surface area contributed by atoms with Crippen molar-refractivity contribution < 1.29 is 22.7 Å². The zero-order valence-corrected chi connectivity index (χ0v) is 18.6. The number of amides is 1. The van der Waals surface area contributed by atoms with Crippen LogP contribution in [-0.4, -0.2) is 45.0 Å². The second kappa shape index (κ2) is 9.06. The first-order chi connectivity index (χ1) is 14.2. The Kier molecular flexibility index (Phi) is 6.67. The van der Waals surface area contributed by atoms with E-state index in [-0.39, 0.29) is 17.7 Å². The molecule has 162 valence electrons. The second-order valence-corrected chi connectivity index (χ2v) is 9.67. The van der Waals surface area contributed by atoms with E-state index >= 15 is 0 Å². The molecule has 3 rings (SSSR count). The third kappa shape index (κ3) is 5.12. The summed E-state index contributed by atoms with van der Waals surface area (Å²) < 4.78 is 35.6. The molecular formula is C22H28N2O5S. The van der Waals surface area contributed by atoms with Gasteiger partial charge in [-0.2, -0.15) is 0 Å². The highest BCUT2D eigenvalue weighted by molar-refractivity contribution is 7.90. The maximum Gasteiger partial charge on any atom is 0.221 e. The zero-order chi connectivity index (χ0) is 21.9. The van der Waals surface area contributed by atoms with E-state index in [0.717, 1.165) is 22.4 Å². The van der Waals surface area contributed by atoms with E-state index in [9.17, 15) is 13.2 Å². The normalized spacial score (nSPS) is 14.8. The van der Waals surface area contributed by atoms with Crippen LogP contribution in [0.3, 0.4) is 0 Å². The fourth-order valence-electron chi connectivity index (χ4n) is 3.84. The van der Waals surface area contributed by atoms with Gasteiger partial charge in [-0.25, -0.2) is 8.42 Å². The molecule has 1 aliphatic heterocycles. The lowest BCUT2D eigenvalue weighted by Gasteiger charge is -2.28. The molecule has 8 heteroatoms. The Morgan fingerprint density at radius 1 is 1.20 bits per heavy atom. The minimum atomic E-state index is -3.25. The molecule has 1 N–H and O–H groups in total. The van der Waals surface area contributed by atoms with Crippen LogP contribution in [0.4, 0.5) is 5.69 Å². The van der Waals surface area contributed by atoms with Crippen molar-refractivity contribution in [2.75, 3.05) is 31.0 Å². The Balaban J connectivity index is 1.98. The maximum absolute atomic E-state index is 12.3. The third-order valence-corrected chi connectivity index (χ3v) is 6.01. The standard InChI is InChI=1S/C22H28N2O5S/c1-5-29-22-11-16(9-10-21(22)28-3)20(14-30(4,26)27)24-12-17-7-6-8-19(18(17)13-24)23-15(2)25/h6-11,20H,5,12-14H2,1-4H3,(H,23,25)/t20-/m1/s1. The number of carbonyl (C=O) groups excluding carboxylic acids is 1. The van der Waals surface area contributed by atoms with Crippen molar-refractivity contribution >= 4 is 21.4 Å². The number of hydrogen-bond acceptors (Lipinski definition) is 6. The molecule has 0 aliphatic carbocycles. The molecule has 0 saturated carbocycles. The largest absolute Gasteiger partial charge is 0.493 e. The predicted molar refractivity (Wildman–Crippen MR) is 117 cm³/mol. The molecule has 0 saturated heterocycles. The van der Waals surface area contributed by atoms with Gasteiger partial charge in [0.05, 0.1) is 19.5 Å². The van der Waals surface area contributed by atoms with E-state index in [1.54, 1.807) is 7.11 Å². The quantitative estimate of drug-likeness (QED) is 0.690. The predicted octanol–water partition coefficient (Wildman–Crippen LogP) is 3.15. The van der Waals surface area contributed by atoms with Crippen molar-refractivity contribution in [1.82, 2.24) is 4.90 Å². The van der Waals surface area contributed by atoms with Crippen molar-refractivity contribution in [1.29, 1.82) is 0 Å². The zero-order valence-electron chi connectivity index (χ0n) is 17.8. The van der Waals surface area contributed by atoms with Gasteiger partial charge in [-0.3, -0.25) is 9.69 Å². The van der Waals surface area contributed by atoms with Gasteiger partial charge in [0.15, 0.2) is 11.5 Å². The Labute approximate surface area is 177 Å². The number of benzene rings is 2. The summed E-state index contributed by atoms with van der Waals surface area (Å²) in [5.41, 5.74) is 3.71. The van der Waals surface area contributed by atoms with Gasteiger partial charge in [0.25, 0.3) is 0 Å². The Bertz CT molecular complexity index is 1040. The van der Waals surface area contributed by atoms with E-state index < -0.39 is 9.84 Å². The fourth-order valence-corrected chi connectivity index (χ4v) is 4.82. The summed E-state index contributed by atoms with van der Waals surface area (Å²) in [6.07, 6.45) is 1.25. The molecule has 2 aromatic carbocycles. The number of ether oxygens (including phenoxy) is 2. The number of nitrogens with zero attached hydrogens (tertiary/aromatic N) is 1. The number of hydrogen-bond donors (Lipinski definition) is 1. The van der Waals surface area contributed by atoms with E-state index in [0.29, 0.717) is 31.2 Å². The summed E-state index contributed by atoms with van der Waals surface area (Å²) in [6, 6.07) is 11.0. The molecule has 0 spiro atoms. The molecule has 0 aromatic heterocycles. The SMILES string of the molecule is CCOc1cc([C@@H](CS(C)(=O)=O)N2Cc3cccc(NC(C)=O)c3C2)ccc1OC. The lowest BCUT2D eigenvalue weighted by Crippen LogP contribution is -2.29. The average molecular weight is 433 g/mol. The molecule has 1 heterocycles. The molecule has 1 aliphatic rings. The van der Waals surface area contributed by atoms with Crippen LogP contribution in [0, 0.1) is 0 Å². The van der Waals surface area contributed by atoms with Gasteiger partial charge in [-0.05, 0) is 41.8 Å². The fraction of sp³-hybridized carbons (Fsp3) is 0.409. The summed E-state index contributed by atoms with van der Waals surface area (Å²) in [6.45, 7) is 4.98. The van der Waals surface area contributed by atoms with Gasteiger partial charge in [0.1, 0.15) is 9.84 Å². The highest BCUT2D eigenvalue weighted by atomic mass is 32.2. The van der Waals surface area contributed by atoms with Gasteiger partial charge in [0.2, 0.25) is 5.91 Å². The number of nitrogens with one attached hydrogen (secondary N) is 1. The Hall–Kier alpha value is -2.58. The molecule has 1 amide bonds. The molecular weight excluding hydrogens is 404 g/mol. The lowest BCUT2D eigenvalue weighted by atomic mass is 10.1. The van der Waals surface area contributed by atoms with Crippen LogP contribution in [-0.2, 0) is 27.7 Å². The van der Waals surface area contributed by atoms with Gasteiger partial charge >= 0.3 is 0 Å². The maximum atomic E-state index is 12.3. The van der Waals surface area contributed by atoms with E-state index in [2.05, 4.69) is 10.2 Å². The highest BCUT2D eigenvalue weighted by Crippen LogP contribution is 2.38. The van der Waals surface area contributed by atoms with E-state index in [1.807, 2.05) is 43.3 Å².